The molecule has 8 heteroatoms. The van der Waals surface area contributed by atoms with Gasteiger partial charge >= 0.3 is 5.97 Å². The van der Waals surface area contributed by atoms with Gasteiger partial charge in [0.2, 0.25) is 17.4 Å². The molecule has 0 bridgehead atoms. The van der Waals surface area contributed by atoms with E-state index in [2.05, 4.69) is 0 Å². The molecule has 4 rings (SSSR count). The number of carbonyl (C=O) groups excluding carboxylic acids is 3. The second-order valence-corrected chi connectivity index (χ2v) is 6.97. The number of fused-ring (bicyclic) bond motifs is 1. The van der Waals surface area contributed by atoms with E-state index in [1.165, 1.54) is 37.6 Å². The Morgan fingerprint density at radius 2 is 1.93 bits per heavy atom. The van der Waals surface area contributed by atoms with E-state index in [9.17, 15) is 18.8 Å². The number of hydrogen-bond acceptors (Lipinski definition) is 5. The largest absolute Gasteiger partial charge is 0.464 e. The molecule has 0 aliphatic carbocycles. The smallest absolute Gasteiger partial charge is 0.368 e. The van der Waals surface area contributed by atoms with Crippen LogP contribution in [0.3, 0.4) is 0 Å². The molecule has 0 spiro atoms. The first kappa shape index (κ1) is 17.4. The van der Waals surface area contributed by atoms with Gasteiger partial charge in [0.25, 0.3) is 0 Å². The molecule has 0 radical (unpaired) electrons. The minimum Gasteiger partial charge on any atom is -0.464 e. The van der Waals surface area contributed by atoms with Gasteiger partial charge in [-0.25, -0.2) is 14.1 Å². The average Bonchev–Trinajstić information content (AvgIpc) is 3.34. The predicted molar refractivity (Wildman–Crippen MR) is 89.7 cm³/mol. The number of amides is 2. The number of hydrogen-bond donors (Lipinski definition) is 1. The lowest BCUT2D eigenvalue weighted by molar-refractivity contribution is -0.732. The van der Waals surface area contributed by atoms with Crippen LogP contribution in [0.25, 0.3) is 0 Å². The minimum absolute atomic E-state index is 0.270. The summed E-state index contributed by atoms with van der Waals surface area (Å²) in [6.07, 6.45) is 1.48. The molecule has 0 unspecified atom stereocenters. The third kappa shape index (κ3) is 2.40. The summed E-state index contributed by atoms with van der Waals surface area (Å²) in [5, 5.41) is 1.67. The second kappa shape index (κ2) is 6.02. The van der Waals surface area contributed by atoms with E-state index in [4.69, 9.17) is 9.15 Å². The standard InChI is InChI=1S/C19H17FN2O5/c1-19(18(25)26-2)14-13(15(21-19)12-4-3-9-27-12)16(23)22(17(14)24)11-7-5-10(20)6-8-11/h3-9,13-15,21H,1-2H3/p+1/t13-,14-,15-,19-/m0/s1. The Balaban J connectivity index is 1.81. The summed E-state index contributed by atoms with van der Waals surface area (Å²) in [7, 11) is 1.25. The van der Waals surface area contributed by atoms with E-state index in [-0.39, 0.29) is 5.69 Å². The van der Waals surface area contributed by atoms with Gasteiger partial charge in [-0.15, -0.1) is 0 Å². The fraction of sp³-hybridized carbons (Fsp3) is 0.316. The molecule has 2 saturated heterocycles. The Morgan fingerprint density at radius 3 is 2.52 bits per heavy atom. The number of nitrogens with two attached hydrogens (primary N) is 1. The molecule has 2 aliphatic heterocycles. The van der Waals surface area contributed by atoms with Crippen LogP contribution >= 0.6 is 0 Å². The molecule has 2 N–H and O–H groups in total. The Hall–Kier alpha value is -3.00. The third-order valence-electron chi connectivity index (χ3n) is 5.49. The van der Waals surface area contributed by atoms with Crippen molar-refractivity contribution in [1.29, 1.82) is 0 Å². The van der Waals surface area contributed by atoms with Crippen LogP contribution in [0.2, 0.25) is 0 Å². The zero-order chi connectivity index (χ0) is 19.3. The zero-order valence-corrected chi connectivity index (χ0v) is 14.7. The number of nitrogens with zero attached hydrogens (tertiary/aromatic N) is 1. The number of halogens is 1. The minimum atomic E-state index is -1.28. The summed E-state index contributed by atoms with van der Waals surface area (Å²) in [6, 6.07) is 7.95. The van der Waals surface area contributed by atoms with Gasteiger partial charge in [0.15, 0.2) is 11.8 Å². The lowest BCUT2D eigenvalue weighted by Gasteiger charge is -2.25. The van der Waals surface area contributed by atoms with Gasteiger partial charge in [-0.3, -0.25) is 9.59 Å². The van der Waals surface area contributed by atoms with Gasteiger partial charge in [0, 0.05) is 6.92 Å². The molecule has 140 valence electrons. The van der Waals surface area contributed by atoms with E-state index < -0.39 is 47.0 Å². The summed E-state index contributed by atoms with van der Waals surface area (Å²) in [5.74, 6) is -3.22. The van der Waals surface area contributed by atoms with Crippen molar-refractivity contribution in [2.24, 2.45) is 11.8 Å². The SMILES string of the molecule is COC(=O)[C@@]1(C)[NH2+][C@@H](c2ccco2)[C@H]2C(=O)N(c3ccc(F)cc3)C(=O)[C@H]21. The molecule has 0 saturated carbocycles. The molecular weight excluding hydrogens is 355 g/mol. The van der Waals surface area contributed by atoms with Crippen LogP contribution in [0.15, 0.2) is 47.1 Å². The van der Waals surface area contributed by atoms with Crippen molar-refractivity contribution in [2.45, 2.75) is 18.5 Å². The Bertz CT molecular complexity index is 911. The number of methoxy groups -OCH3 is 1. The van der Waals surface area contributed by atoms with Crippen LogP contribution in [0.4, 0.5) is 10.1 Å². The monoisotopic (exact) mass is 373 g/mol. The molecule has 1 aromatic carbocycles. The first-order valence-electron chi connectivity index (χ1n) is 8.49. The lowest BCUT2D eigenvalue weighted by atomic mass is 9.81. The maximum Gasteiger partial charge on any atom is 0.368 e. The maximum atomic E-state index is 13.3. The van der Waals surface area contributed by atoms with Crippen molar-refractivity contribution in [3.63, 3.8) is 0 Å². The second-order valence-electron chi connectivity index (χ2n) is 6.97. The number of ether oxygens (including phenoxy) is 1. The lowest BCUT2D eigenvalue weighted by Crippen LogP contribution is -2.97. The normalized spacial score (nSPS) is 29.9. The van der Waals surface area contributed by atoms with Gasteiger partial charge in [-0.2, -0.15) is 0 Å². The Labute approximate surface area is 154 Å². The Morgan fingerprint density at radius 1 is 1.22 bits per heavy atom. The highest BCUT2D eigenvalue weighted by molar-refractivity contribution is 6.23. The van der Waals surface area contributed by atoms with Crippen LogP contribution < -0.4 is 10.2 Å². The van der Waals surface area contributed by atoms with Gasteiger partial charge < -0.3 is 14.5 Å². The molecule has 2 amide bonds. The highest BCUT2D eigenvalue weighted by Crippen LogP contribution is 2.45. The maximum absolute atomic E-state index is 13.3. The highest BCUT2D eigenvalue weighted by atomic mass is 19.1. The van der Waals surface area contributed by atoms with E-state index in [1.807, 2.05) is 0 Å². The first-order valence-corrected chi connectivity index (χ1v) is 8.49. The Kier molecular flexibility index (Phi) is 3.88. The molecule has 2 aromatic rings. The van der Waals surface area contributed by atoms with Gasteiger partial charge in [0.05, 0.1) is 19.1 Å². The summed E-state index contributed by atoms with van der Waals surface area (Å²) in [6.45, 7) is 1.60. The number of imide groups is 1. The third-order valence-corrected chi connectivity index (χ3v) is 5.49. The van der Waals surface area contributed by atoms with Crippen molar-refractivity contribution in [3.05, 3.63) is 54.2 Å². The number of esters is 1. The van der Waals surface area contributed by atoms with Gasteiger partial charge in [-0.05, 0) is 36.4 Å². The van der Waals surface area contributed by atoms with Crippen molar-refractivity contribution in [2.75, 3.05) is 12.0 Å². The van der Waals surface area contributed by atoms with E-state index in [0.29, 0.717) is 5.76 Å². The van der Waals surface area contributed by atoms with E-state index >= 15 is 0 Å². The quantitative estimate of drug-likeness (QED) is 0.634. The number of furan rings is 1. The molecule has 27 heavy (non-hydrogen) atoms. The van der Waals surface area contributed by atoms with Crippen LogP contribution in [0, 0.1) is 17.7 Å². The number of anilines is 1. The molecule has 4 atom stereocenters. The van der Waals surface area contributed by atoms with Crippen molar-refractivity contribution >= 4 is 23.5 Å². The highest BCUT2D eigenvalue weighted by Gasteiger charge is 2.71. The molecule has 1 aromatic heterocycles. The van der Waals surface area contributed by atoms with Gasteiger partial charge in [0.1, 0.15) is 17.7 Å². The topological polar surface area (TPSA) is 93.4 Å². The fourth-order valence-corrected chi connectivity index (χ4v) is 4.26. The van der Waals surface area contributed by atoms with Crippen molar-refractivity contribution in [3.8, 4) is 0 Å². The summed E-state index contributed by atoms with van der Waals surface area (Å²) >= 11 is 0. The summed E-state index contributed by atoms with van der Waals surface area (Å²) in [4.78, 5) is 39.9. The molecule has 3 heterocycles. The fourth-order valence-electron chi connectivity index (χ4n) is 4.26. The first-order chi connectivity index (χ1) is 12.9. The van der Waals surface area contributed by atoms with E-state index in [1.54, 1.807) is 24.4 Å². The van der Waals surface area contributed by atoms with Crippen LogP contribution in [0.1, 0.15) is 18.7 Å². The number of carbonyl (C=O) groups is 3. The van der Waals surface area contributed by atoms with Crippen LogP contribution in [-0.4, -0.2) is 30.4 Å². The summed E-state index contributed by atoms with van der Waals surface area (Å²) in [5.41, 5.74) is -1.01. The predicted octanol–water partition coefficient (Wildman–Crippen LogP) is 0.774. The summed E-state index contributed by atoms with van der Waals surface area (Å²) < 4.78 is 23.6. The number of quaternary nitrogens is 1. The zero-order valence-electron chi connectivity index (χ0n) is 14.7. The molecule has 7 nitrogen and oxygen atoms in total. The van der Waals surface area contributed by atoms with Crippen molar-refractivity contribution < 1.29 is 33.2 Å². The number of rotatable bonds is 3. The molecule has 2 aliphatic rings. The molecular formula is C19H18FN2O5+. The molecule has 2 fully saturated rings. The van der Waals surface area contributed by atoms with Gasteiger partial charge in [-0.1, -0.05) is 0 Å². The van der Waals surface area contributed by atoms with Crippen LogP contribution in [0.5, 0.6) is 0 Å². The average molecular weight is 373 g/mol. The van der Waals surface area contributed by atoms with Crippen molar-refractivity contribution in [1.82, 2.24) is 0 Å². The van der Waals surface area contributed by atoms with Crippen LogP contribution in [-0.2, 0) is 19.1 Å². The number of benzene rings is 1. The van der Waals surface area contributed by atoms with E-state index in [0.717, 1.165) is 4.90 Å².